The van der Waals surface area contributed by atoms with Crippen LogP contribution in [-0.4, -0.2) is 240 Å². The number of carbonyl (C=O) groups is 6. The third-order valence-electron chi connectivity index (χ3n) is 10.1. The summed E-state index contributed by atoms with van der Waals surface area (Å²) in [5.41, 5.74) is -3.06. The Bertz CT molecular complexity index is 2180. The van der Waals surface area contributed by atoms with Crippen LogP contribution in [0.2, 0.25) is 0 Å². The molecule has 0 radical (unpaired) electrons. The highest BCUT2D eigenvalue weighted by Gasteiger charge is 2.44. The number of ether oxygens (including phenoxy) is 2. The van der Waals surface area contributed by atoms with Gasteiger partial charge >= 0.3 is 47.2 Å². The SMILES string of the molecule is C=CCN(C)C(=O)N(CC=C)C(=O)N(CO)CC(O)CN(COCN(C=O)CC(O)CN1C(=O)N(CC=C)C(=O)N(CC=C)C1OC)C(=O)N(C)CC(O)Cn1c(=O)n(CC=C)c(=O)n(CC=C)c1=O. The average molecular weight is 991 g/mol. The van der Waals surface area contributed by atoms with Crippen molar-refractivity contribution in [2.24, 2.45) is 0 Å². The lowest BCUT2D eigenvalue weighted by molar-refractivity contribution is -0.132. The number of aliphatic hydroxyl groups is 4. The molecule has 388 valence electrons. The normalized spacial score (nSPS) is 14.7. The van der Waals surface area contributed by atoms with E-state index in [-0.39, 0.29) is 39.3 Å². The number of hydrogen-bond acceptors (Lipinski definition) is 15. The summed E-state index contributed by atoms with van der Waals surface area (Å²) in [6, 6.07) is -4.29. The van der Waals surface area contributed by atoms with Gasteiger partial charge in [0.1, 0.15) is 20.2 Å². The molecular weight excluding hydrogens is 925 g/mol. The maximum Gasteiger partial charge on any atom is 0.336 e. The van der Waals surface area contributed by atoms with Crippen LogP contribution in [0.25, 0.3) is 0 Å². The smallest absolute Gasteiger partial charge is 0.336 e. The maximum atomic E-state index is 14.1. The largest absolute Gasteiger partial charge is 0.389 e. The van der Waals surface area contributed by atoms with Gasteiger partial charge in [0.2, 0.25) is 12.8 Å². The molecule has 4 N–H and O–H groups in total. The van der Waals surface area contributed by atoms with Crippen molar-refractivity contribution in [3.8, 4) is 0 Å². The third-order valence-corrected chi connectivity index (χ3v) is 10.1. The maximum absolute atomic E-state index is 14.1. The predicted molar refractivity (Wildman–Crippen MR) is 252 cm³/mol. The molecule has 4 atom stereocenters. The van der Waals surface area contributed by atoms with Gasteiger partial charge in [-0.05, 0) is 0 Å². The van der Waals surface area contributed by atoms with Crippen molar-refractivity contribution in [1.82, 2.24) is 57.8 Å². The number of allylic oxidation sites excluding steroid dienone is 2. The second-order valence-corrected chi connectivity index (χ2v) is 15.6. The van der Waals surface area contributed by atoms with Crippen LogP contribution >= 0.6 is 0 Å². The molecular formula is C43H66N12O15. The first kappa shape index (κ1) is 59.0. The van der Waals surface area contributed by atoms with E-state index in [1.165, 1.54) is 62.6 Å². The molecule has 27 heteroatoms. The molecule has 1 aromatic heterocycles. The van der Waals surface area contributed by atoms with E-state index < -0.39 is 131 Å². The van der Waals surface area contributed by atoms with E-state index in [4.69, 9.17) is 9.47 Å². The summed E-state index contributed by atoms with van der Waals surface area (Å²) in [5.74, 6) is 0. The van der Waals surface area contributed by atoms with Crippen LogP contribution in [-0.2, 0) is 33.9 Å². The highest BCUT2D eigenvalue weighted by atomic mass is 16.5. The minimum Gasteiger partial charge on any atom is -0.389 e. The number of urea groups is 5. The zero-order chi connectivity index (χ0) is 52.8. The molecule has 1 fully saturated rings. The molecule has 70 heavy (non-hydrogen) atoms. The molecule has 0 bridgehead atoms. The molecule has 0 spiro atoms. The molecule has 2 rings (SSSR count). The number of aromatic nitrogens is 3. The van der Waals surface area contributed by atoms with E-state index in [1.807, 2.05) is 0 Å². The Hall–Kier alpha value is -7.17. The lowest BCUT2D eigenvalue weighted by Gasteiger charge is -2.46. The second kappa shape index (κ2) is 29.0. The van der Waals surface area contributed by atoms with Gasteiger partial charge in [-0.15, -0.1) is 39.5 Å². The number of β-amino-alcohol motifs (C(OH)–C–C–N with tert-alkyl or cyclic N) is 1. The summed E-state index contributed by atoms with van der Waals surface area (Å²) in [4.78, 5) is 127. The van der Waals surface area contributed by atoms with Gasteiger partial charge in [0.15, 0.2) is 0 Å². The van der Waals surface area contributed by atoms with Crippen LogP contribution < -0.4 is 17.1 Å². The number of rotatable bonds is 31. The Morgan fingerprint density at radius 1 is 0.614 bits per heavy atom. The van der Waals surface area contributed by atoms with E-state index in [0.717, 1.165) is 43.4 Å². The summed E-state index contributed by atoms with van der Waals surface area (Å²) >= 11 is 0. The van der Waals surface area contributed by atoms with Crippen molar-refractivity contribution < 1.29 is 58.7 Å². The first-order valence-corrected chi connectivity index (χ1v) is 21.5. The summed E-state index contributed by atoms with van der Waals surface area (Å²) in [7, 11) is 3.86. The monoisotopic (exact) mass is 990 g/mol. The number of imide groups is 2. The molecule has 2 heterocycles. The zero-order valence-electron chi connectivity index (χ0n) is 39.8. The quantitative estimate of drug-likeness (QED) is 0.0353. The minimum atomic E-state index is -1.67. The van der Waals surface area contributed by atoms with Crippen molar-refractivity contribution in [3.05, 3.63) is 107 Å². The van der Waals surface area contributed by atoms with E-state index in [0.29, 0.717) is 15.9 Å². The first-order chi connectivity index (χ1) is 33.3. The van der Waals surface area contributed by atoms with Crippen molar-refractivity contribution in [1.29, 1.82) is 0 Å². The van der Waals surface area contributed by atoms with Crippen molar-refractivity contribution in [3.63, 3.8) is 0 Å². The van der Waals surface area contributed by atoms with Crippen LogP contribution in [0.4, 0.5) is 24.0 Å². The summed E-state index contributed by atoms with van der Waals surface area (Å²) < 4.78 is 13.2. The Balaban J connectivity index is 2.40. The summed E-state index contributed by atoms with van der Waals surface area (Å²) in [6.07, 6.45) is 2.20. The van der Waals surface area contributed by atoms with E-state index in [9.17, 15) is 63.6 Å². The van der Waals surface area contributed by atoms with Gasteiger partial charge in [0.05, 0.1) is 77.2 Å². The van der Waals surface area contributed by atoms with Gasteiger partial charge in [-0.25, -0.2) is 61.9 Å². The molecule has 1 aliphatic rings. The number of amides is 11. The number of carbonyl (C=O) groups excluding carboxylic acids is 6. The molecule has 1 saturated heterocycles. The highest BCUT2D eigenvalue weighted by Crippen LogP contribution is 2.21. The van der Waals surface area contributed by atoms with Gasteiger partial charge in [-0.1, -0.05) is 36.5 Å². The topological polar surface area (TPSA) is 297 Å². The van der Waals surface area contributed by atoms with Gasteiger partial charge < -0.3 is 44.6 Å². The zero-order valence-corrected chi connectivity index (χ0v) is 39.8. The van der Waals surface area contributed by atoms with Crippen molar-refractivity contribution in [2.75, 3.05) is 100 Å². The molecule has 0 aliphatic carbocycles. The Morgan fingerprint density at radius 3 is 1.66 bits per heavy atom. The summed E-state index contributed by atoms with van der Waals surface area (Å²) in [6.45, 7) is 14.6. The first-order valence-electron chi connectivity index (χ1n) is 21.5. The fourth-order valence-electron chi connectivity index (χ4n) is 6.99. The van der Waals surface area contributed by atoms with Crippen LogP contribution in [0.5, 0.6) is 0 Å². The van der Waals surface area contributed by atoms with E-state index >= 15 is 0 Å². The van der Waals surface area contributed by atoms with Gasteiger partial charge in [0.25, 0.3) is 0 Å². The fraction of sp³-hybridized carbons (Fsp3) is 0.512. The number of hydrogen-bond donors (Lipinski definition) is 4. The van der Waals surface area contributed by atoms with Crippen molar-refractivity contribution >= 4 is 36.6 Å². The average Bonchev–Trinajstić information content (AvgIpc) is 3.33. The fourth-order valence-corrected chi connectivity index (χ4v) is 6.99. The van der Waals surface area contributed by atoms with Crippen LogP contribution in [0.15, 0.2) is 90.3 Å². The molecule has 27 nitrogen and oxygen atoms in total. The molecule has 0 aromatic carbocycles. The summed E-state index contributed by atoms with van der Waals surface area (Å²) in [5, 5.41) is 43.7. The van der Waals surface area contributed by atoms with Crippen LogP contribution in [0.3, 0.4) is 0 Å². The van der Waals surface area contributed by atoms with Gasteiger partial charge in [-0.3, -0.25) is 24.4 Å². The number of likely N-dealkylation sites (N-methyl/N-ethyl adjacent to an activating group) is 2. The molecule has 1 aromatic rings. The second-order valence-electron chi connectivity index (χ2n) is 15.6. The number of nitrogens with zero attached hydrogens (tertiary/aromatic N) is 12. The molecule has 1 aliphatic heterocycles. The van der Waals surface area contributed by atoms with Crippen molar-refractivity contribution in [2.45, 2.75) is 44.3 Å². The van der Waals surface area contributed by atoms with Gasteiger partial charge in [0, 0.05) is 40.8 Å². The highest BCUT2D eigenvalue weighted by molar-refractivity contribution is 5.96. The minimum absolute atomic E-state index is 0.0314. The van der Waals surface area contributed by atoms with Crippen LogP contribution in [0.1, 0.15) is 0 Å². The number of aliphatic hydroxyl groups excluding tert-OH is 4. The van der Waals surface area contributed by atoms with E-state index in [1.54, 1.807) is 0 Å². The lowest BCUT2D eigenvalue weighted by atomic mass is 10.3. The Labute approximate surface area is 404 Å². The predicted octanol–water partition coefficient (Wildman–Crippen LogP) is -2.07. The lowest BCUT2D eigenvalue weighted by Crippen LogP contribution is -2.68. The van der Waals surface area contributed by atoms with Gasteiger partial charge in [-0.2, -0.15) is 0 Å². The standard InChI is InChI=1S/C43H66N12O15/c1-10-16-44(7)36(62)49(17-11-2)37(63)47(29-57)24-34(60)25-48(35(61)45(8)22-32(58)26-54-40(66)50(18-12-3)38(64)51(19-13-4)41(54)67)31-70-30-46(28-56)23-33(59)27-55-42(68)52(20-14-5)39(65)53(21-15-6)43(55)69-9/h10-15,28,32-34,43,57-60H,1-6,16-27,29-31H2,7-9H3. The van der Waals surface area contributed by atoms with Crippen LogP contribution in [0, 0.1) is 0 Å². The Morgan fingerprint density at radius 2 is 1.14 bits per heavy atom. The van der Waals surface area contributed by atoms with E-state index in [2.05, 4.69) is 39.5 Å². The Kier molecular flexibility index (Phi) is 24.4. The molecule has 4 unspecified atom stereocenters. The molecule has 11 amide bonds. The number of methoxy groups -OCH3 is 1. The third kappa shape index (κ3) is 15.4. The molecule has 0 saturated carbocycles.